The predicted octanol–water partition coefficient (Wildman–Crippen LogP) is 4.92. The molecule has 0 radical (unpaired) electrons. The molecule has 0 fully saturated rings. The SMILES string of the molecule is CCc1nc(CC(N)c2ccc(-c3ccccc3)cc2)sc1C. The van der Waals surface area contributed by atoms with Gasteiger partial charge in [0.25, 0.3) is 0 Å². The van der Waals surface area contributed by atoms with Gasteiger partial charge in [0, 0.05) is 17.3 Å². The summed E-state index contributed by atoms with van der Waals surface area (Å²) in [4.78, 5) is 6.01. The molecule has 0 saturated carbocycles. The lowest BCUT2D eigenvalue weighted by atomic mass is 10.00. The van der Waals surface area contributed by atoms with Crippen molar-refractivity contribution in [3.63, 3.8) is 0 Å². The van der Waals surface area contributed by atoms with E-state index in [0.717, 1.165) is 23.4 Å². The molecule has 3 rings (SSSR count). The molecule has 23 heavy (non-hydrogen) atoms. The van der Waals surface area contributed by atoms with Gasteiger partial charge >= 0.3 is 0 Å². The molecule has 0 bridgehead atoms. The van der Waals surface area contributed by atoms with Crippen LogP contribution in [0, 0.1) is 6.92 Å². The van der Waals surface area contributed by atoms with Crippen LogP contribution in [0.4, 0.5) is 0 Å². The molecule has 0 spiro atoms. The first-order valence-electron chi connectivity index (χ1n) is 8.03. The highest BCUT2D eigenvalue weighted by molar-refractivity contribution is 7.11. The molecule has 0 aliphatic heterocycles. The van der Waals surface area contributed by atoms with Crippen LogP contribution in [0.15, 0.2) is 54.6 Å². The molecule has 1 unspecified atom stereocenters. The average molecular weight is 322 g/mol. The second kappa shape index (κ2) is 7.07. The fourth-order valence-electron chi connectivity index (χ4n) is 2.76. The van der Waals surface area contributed by atoms with Crippen LogP contribution in [0.3, 0.4) is 0 Å². The number of nitrogens with zero attached hydrogens (tertiary/aromatic N) is 1. The van der Waals surface area contributed by atoms with Gasteiger partial charge in [0.2, 0.25) is 0 Å². The number of thiazole rings is 1. The first-order chi connectivity index (χ1) is 11.2. The maximum Gasteiger partial charge on any atom is 0.0949 e. The van der Waals surface area contributed by atoms with Crippen LogP contribution in [-0.2, 0) is 12.8 Å². The molecule has 2 nitrogen and oxygen atoms in total. The third-order valence-electron chi connectivity index (χ3n) is 4.11. The van der Waals surface area contributed by atoms with Crippen molar-refractivity contribution in [3.05, 3.63) is 75.7 Å². The van der Waals surface area contributed by atoms with E-state index in [1.807, 2.05) is 6.07 Å². The second-order valence-electron chi connectivity index (χ2n) is 5.76. The van der Waals surface area contributed by atoms with Gasteiger partial charge in [-0.05, 0) is 30.0 Å². The molecule has 0 aliphatic rings. The van der Waals surface area contributed by atoms with Gasteiger partial charge in [0.1, 0.15) is 0 Å². The average Bonchev–Trinajstić information content (AvgIpc) is 2.95. The molecule has 0 saturated heterocycles. The molecule has 0 aliphatic carbocycles. The fraction of sp³-hybridized carbons (Fsp3) is 0.250. The Bertz CT molecular complexity index is 760. The van der Waals surface area contributed by atoms with Crippen molar-refractivity contribution in [2.24, 2.45) is 5.73 Å². The number of nitrogens with two attached hydrogens (primary N) is 1. The fourth-order valence-corrected chi connectivity index (χ4v) is 3.84. The Hall–Kier alpha value is -1.97. The van der Waals surface area contributed by atoms with Crippen molar-refractivity contribution in [2.75, 3.05) is 0 Å². The minimum atomic E-state index is -0.00456. The van der Waals surface area contributed by atoms with Gasteiger partial charge in [-0.2, -0.15) is 0 Å². The largest absolute Gasteiger partial charge is 0.324 e. The van der Waals surface area contributed by atoms with E-state index in [9.17, 15) is 0 Å². The van der Waals surface area contributed by atoms with Crippen molar-refractivity contribution < 1.29 is 0 Å². The summed E-state index contributed by atoms with van der Waals surface area (Å²) in [6.45, 7) is 4.29. The van der Waals surface area contributed by atoms with Crippen molar-refractivity contribution in [3.8, 4) is 11.1 Å². The number of aryl methyl sites for hydroxylation is 2. The zero-order valence-electron chi connectivity index (χ0n) is 13.6. The first-order valence-corrected chi connectivity index (χ1v) is 8.85. The van der Waals surface area contributed by atoms with Gasteiger partial charge < -0.3 is 5.73 Å². The molecule has 0 amide bonds. The Kier molecular flexibility index (Phi) is 4.89. The molecular formula is C20H22N2S. The number of hydrogen-bond donors (Lipinski definition) is 1. The molecule has 118 valence electrons. The van der Waals surface area contributed by atoms with E-state index in [-0.39, 0.29) is 6.04 Å². The van der Waals surface area contributed by atoms with Crippen LogP contribution in [0.25, 0.3) is 11.1 Å². The minimum absolute atomic E-state index is 0.00456. The highest BCUT2D eigenvalue weighted by Crippen LogP contribution is 2.25. The second-order valence-corrected chi connectivity index (χ2v) is 7.05. The number of rotatable bonds is 5. The topological polar surface area (TPSA) is 38.9 Å². The van der Waals surface area contributed by atoms with Crippen LogP contribution in [-0.4, -0.2) is 4.98 Å². The number of hydrogen-bond acceptors (Lipinski definition) is 3. The number of aromatic nitrogens is 1. The molecule has 1 atom stereocenters. The van der Waals surface area contributed by atoms with E-state index in [1.165, 1.54) is 21.7 Å². The molecule has 1 aromatic heterocycles. The summed E-state index contributed by atoms with van der Waals surface area (Å²) in [6, 6.07) is 19.0. The van der Waals surface area contributed by atoms with E-state index >= 15 is 0 Å². The lowest BCUT2D eigenvalue weighted by Crippen LogP contribution is -2.13. The van der Waals surface area contributed by atoms with E-state index in [0.29, 0.717) is 0 Å². The monoisotopic (exact) mass is 322 g/mol. The molecule has 1 heterocycles. The van der Waals surface area contributed by atoms with Crippen LogP contribution in [0.5, 0.6) is 0 Å². The smallest absolute Gasteiger partial charge is 0.0949 e. The normalized spacial score (nSPS) is 12.3. The first kappa shape index (κ1) is 15.9. The van der Waals surface area contributed by atoms with Crippen molar-refractivity contribution in [2.45, 2.75) is 32.7 Å². The van der Waals surface area contributed by atoms with E-state index in [1.54, 1.807) is 11.3 Å². The highest BCUT2D eigenvalue weighted by atomic mass is 32.1. The van der Waals surface area contributed by atoms with Gasteiger partial charge in [-0.25, -0.2) is 4.98 Å². The van der Waals surface area contributed by atoms with Crippen molar-refractivity contribution in [1.29, 1.82) is 0 Å². The Labute approximate surface area is 142 Å². The molecule has 3 aromatic rings. The van der Waals surface area contributed by atoms with Crippen LogP contribution >= 0.6 is 11.3 Å². The van der Waals surface area contributed by atoms with Crippen LogP contribution < -0.4 is 5.73 Å². The Balaban J connectivity index is 1.73. The Morgan fingerprint density at radius 2 is 1.65 bits per heavy atom. The van der Waals surface area contributed by atoms with Gasteiger partial charge in [0.05, 0.1) is 10.7 Å². The minimum Gasteiger partial charge on any atom is -0.324 e. The standard InChI is InChI=1S/C20H22N2S/c1-3-19-14(2)23-20(22-19)13-18(21)17-11-9-16(10-12-17)15-7-5-4-6-8-15/h4-12,18H,3,13,21H2,1-2H3. The van der Waals surface area contributed by atoms with Crippen LogP contribution in [0.1, 0.15) is 34.1 Å². The maximum absolute atomic E-state index is 6.38. The lowest BCUT2D eigenvalue weighted by Gasteiger charge is -2.11. The van der Waals surface area contributed by atoms with E-state index in [2.05, 4.69) is 62.4 Å². The quantitative estimate of drug-likeness (QED) is 0.724. The molecule has 2 N–H and O–H groups in total. The summed E-state index contributed by atoms with van der Waals surface area (Å²) >= 11 is 1.77. The molecule has 3 heteroatoms. The molecular weight excluding hydrogens is 300 g/mol. The zero-order valence-corrected chi connectivity index (χ0v) is 14.4. The summed E-state index contributed by atoms with van der Waals surface area (Å²) in [5.74, 6) is 0. The summed E-state index contributed by atoms with van der Waals surface area (Å²) in [6.07, 6.45) is 1.79. The van der Waals surface area contributed by atoms with Gasteiger partial charge in [-0.15, -0.1) is 11.3 Å². The van der Waals surface area contributed by atoms with Gasteiger partial charge in [-0.1, -0.05) is 61.5 Å². The summed E-state index contributed by atoms with van der Waals surface area (Å²) in [5, 5.41) is 1.14. The van der Waals surface area contributed by atoms with E-state index in [4.69, 9.17) is 10.7 Å². The Morgan fingerprint density at radius 3 is 2.26 bits per heavy atom. The third kappa shape index (κ3) is 3.69. The number of benzene rings is 2. The third-order valence-corrected chi connectivity index (χ3v) is 5.15. The van der Waals surface area contributed by atoms with Crippen molar-refractivity contribution >= 4 is 11.3 Å². The summed E-state index contributed by atoms with van der Waals surface area (Å²) < 4.78 is 0. The lowest BCUT2D eigenvalue weighted by molar-refractivity contribution is 0.715. The van der Waals surface area contributed by atoms with Crippen molar-refractivity contribution in [1.82, 2.24) is 4.98 Å². The molecule has 2 aromatic carbocycles. The summed E-state index contributed by atoms with van der Waals surface area (Å²) in [5.41, 5.74) is 11.2. The predicted molar refractivity (Wildman–Crippen MR) is 98.7 cm³/mol. The van der Waals surface area contributed by atoms with Gasteiger partial charge in [0.15, 0.2) is 0 Å². The van der Waals surface area contributed by atoms with E-state index < -0.39 is 0 Å². The maximum atomic E-state index is 6.38. The Morgan fingerprint density at radius 1 is 1.00 bits per heavy atom. The van der Waals surface area contributed by atoms with Gasteiger partial charge in [-0.3, -0.25) is 0 Å². The summed E-state index contributed by atoms with van der Waals surface area (Å²) in [7, 11) is 0. The van der Waals surface area contributed by atoms with Crippen LogP contribution in [0.2, 0.25) is 0 Å². The zero-order chi connectivity index (χ0) is 16.2. The highest BCUT2D eigenvalue weighted by Gasteiger charge is 2.12.